The summed E-state index contributed by atoms with van der Waals surface area (Å²) in [6.07, 6.45) is 0. The summed E-state index contributed by atoms with van der Waals surface area (Å²) in [4.78, 5) is 13.3. The molecule has 0 aliphatic rings. The summed E-state index contributed by atoms with van der Waals surface area (Å²) >= 11 is 0. The largest absolute Gasteiger partial charge is 0.325 e. The molecular formula is C12H17FN2O. The van der Waals surface area contributed by atoms with Gasteiger partial charge in [0.25, 0.3) is 0 Å². The van der Waals surface area contributed by atoms with Gasteiger partial charge in [-0.3, -0.25) is 0 Å². The van der Waals surface area contributed by atoms with E-state index in [-0.39, 0.29) is 11.7 Å². The van der Waals surface area contributed by atoms with Crippen LogP contribution in [0.2, 0.25) is 0 Å². The molecule has 0 unspecified atom stereocenters. The summed E-state index contributed by atoms with van der Waals surface area (Å²) in [6, 6.07) is 4.38. The van der Waals surface area contributed by atoms with Crippen LogP contribution in [0.5, 0.6) is 0 Å². The number of anilines is 1. The molecule has 0 aliphatic carbocycles. The minimum atomic E-state index is -0.411. The second-order valence-corrected chi connectivity index (χ2v) is 3.59. The van der Waals surface area contributed by atoms with Crippen LogP contribution in [0.25, 0.3) is 0 Å². The Bertz CT molecular complexity index is 375. The van der Waals surface area contributed by atoms with Crippen LogP contribution in [-0.4, -0.2) is 24.0 Å². The number of aryl methyl sites for hydroxylation is 1. The highest BCUT2D eigenvalue weighted by Crippen LogP contribution is 2.16. The van der Waals surface area contributed by atoms with Crippen molar-refractivity contribution in [2.24, 2.45) is 0 Å². The summed E-state index contributed by atoms with van der Waals surface area (Å²) < 4.78 is 13.4. The topological polar surface area (TPSA) is 32.3 Å². The van der Waals surface area contributed by atoms with Crippen LogP contribution in [0.3, 0.4) is 0 Å². The Labute approximate surface area is 95.3 Å². The first-order valence-corrected chi connectivity index (χ1v) is 5.40. The number of halogens is 1. The number of benzene rings is 1. The molecule has 1 aromatic carbocycles. The van der Waals surface area contributed by atoms with Crippen molar-refractivity contribution < 1.29 is 9.18 Å². The predicted octanol–water partition coefficient (Wildman–Crippen LogP) is 3.01. The summed E-state index contributed by atoms with van der Waals surface area (Å²) in [5.74, 6) is -0.411. The Kier molecular flexibility index (Phi) is 4.28. The smallest absolute Gasteiger partial charge is 0.321 e. The molecule has 0 spiro atoms. The van der Waals surface area contributed by atoms with E-state index in [1.807, 2.05) is 20.8 Å². The molecule has 0 fully saturated rings. The van der Waals surface area contributed by atoms with Crippen molar-refractivity contribution in [3.05, 3.63) is 29.6 Å². The van der Waals surface area contributed by atoms with Gasteiger partial charge in [0.2, 0.25) is 0 Å². The van der Waals surface area contributed by atoms with Gasteiger partial charge in [0.05, 0.1) is 5.69 Å². The number of hydrogen-bond acceptors (Lipinski definition) is 1. The maximum absolute atomic E-state index is 13.4. The zero-order chi connectivity index (χ0) is 12.1. The number of carbonyl (C=O) groups excluding carboxylic acids is 1. The minimum Gasteiger partial charge on any atom is -0.325 e. The van der Waals surface area contributed by atoms with Crippen molar-refractivity contribution in [3.8, 4) is 0 Å². The zero-order valence-electron chi connectivity index (χ0n) is 9.88. The summed E-state index contributed by atoms with van der Waals surface area (Å²) in [6.45, 7) is 6.84. The Morgan fingerprint density at radius 3 is 2.56 bits per heavy atom. The van der Waals surface area contributed by atoms with Crippen molar-refractivity contribution in [2.45, 2.75) is 20.8 Å². The van der Waals surface area contributed by atoms with E-state index in [9.17, 15) is 9.18 Å². The van der Waals surface area contributed by atoms with Gasteiger partial charge in [-0.15, -0.1) is 0 Å². The second-order valence-electron chi connectivity index (χ2n) is 3.59. The van der Waals surface area contributed by atoms with Gasteiger partial charge in [0.15, 0.2) is 0 Å². The third kappa shape index (κ3) is 2.95. The van der Waals surface area contributed by atoms with E-state index in [0.717, 1.165) is 5.56 Å². The minimum absolute atomic E-state index is 0.233. The number of carbonyl (C=O) groups is 1. The lowest BCUT2D eigenvalue weighted by atomic mass is 10.2. The van der Waals surface area contributed by atoms with Gasteiger partial charge in [-0.1, -0.05) is 6.07 Å². The molecule has 16 heavy (non-hydrogen) atoms. The summed E-state index contributed by atoms with van der Waals surface area (Å²) in [5.41, 5.74) is 1.15. The van der Waals surface area contributed by atoms with E-state index < -0.39 is 5.82 Å². The first-order chi connectivity index (χ1) is 7.58. The standard InChI is InChI=1S/C12H17FN2O/c1-4-15(5-2)12(16)14-11-8-9(3)6-7-10(11)13/h6-8H,4-5H2,1-3H3,(H,14,16). The van der Waals surface area contributed by atoms with Crippen molar-refractivity contribution in [1.82, 2.24) is 4.90 Å². The first kappa shape index (κ1) is 12.5. The van der Waals surface area contributed by atoms with Crippen LogP contribution in [-0.2, 0) is 0 Å². The van der Waals surface area contributed by atoms with Crippen LogP contribution in [0.1, 0.15) is 19.4 Å². The number of rotatable bonds is 3. The van der Waals surface area contributed by atoms with Gasteiger partial charge in [0, 0.05) is 13.1 Å². The monoisotopic (exact) mass is 224 g/mol. The van der Waals surface area contributed by atoms with Crippen molar-refractivity contribution in [1.29, 1.82) is 0 Å². The van der Waals surface area contributed by atoms with Crippen LogP contribution in [0.4, 0.5) is 14.9 Å². The Morgan fingerprint density at radius 2 is 2.00 bits per heavy atom. The molecule has 0 saturated carbocycles. The van der Waals surface area contributed by atoms with Gasteiger partial charge >= 0.3 is 6.03 Å². The molecule has 88 valence electrons. The normalized spacial score (nSPS) is 10.0. The number of amides is 2. The fourth-order valence-corrected chi connectivity index (χ4v) is 1.44. The molecule has 1 N–H and O–H groups in total. The van der Waals surface area contributed by atoms with E-state index in [1.165, 1.54) is 6.07 Å². The quantitative estimate of drug-likeness (QED) is 0.841. The fraction of sp³-hybridized carbons (Fsp3) is 0.417. The van der Waals surface area contributed by atoms with Crippen LogP contribution in [0, 0.1) is 12.7 Å². The fourth-order valence-electron chi connectivity index (χ4n) is 1.44. The number of hydrogen-bond donors (Lipinski definition) is 1. The molecule has 4 heteroatoms. The number of urea groups is 1. The average Bonchev–Trinajstić information content (AvgIpc) is 2.25. The van der Waals surface area contributed by atoms with Crippen LogP contribution < -0.4 is 5.32 Å². The van der Waals surface area contributed by atoms with E-state index in [0.29, 0.717) is 13.1 Å². The third-order valence-corrected chi connectivity index (χ3v) is 2.41. The van der Waals surface area contributed by atoms with E-state index in [2.05, 4.69) is 5.32 Å². The molecule has 0 radical (unpaired) electrons. The first-order valence-electron chi connectivity index (χ1n) is 5.40. The molecule has 3 nitrogen and oxygen atoms in total. The lowest BCUT2D eigenvalue weighted by molar-refractivity contribution is 0.217. The zero-order valence-corrected chi connectivity index (χ0v) is 9.88. The molecule has 1 aromatic rings. The average molecular weight is 224 g/mol. The molecule has 0 saturated heterocycles. The van der Waals surface area contributed by atoms with Crippen LogP contribution in [0.15, 0.2) is 18.2 Å². The lowest BCUT2D eigenvalue weighted by Crippen LogP contribution is -2.34. The van der Waals surface area contributed by atoms with Crippen molar-refractivity contribution >= 4 is 11.7 Å². The summed E-state index contributed by atoms with van der Waals surface area (Å²) in [7, 11) is 0. The second kappa shape index (κ2) is 5.49. The van der Waals surface area contributed by atoms with Crippen molar-refractivity contribution in [2.75, 3.05) is 18.4 Å². The summed E-state index contributed by atoms with van der Waals surface area (Å²) in [5, 5.41) is 2.56. The van der Waals surface area contributed by atoms with Gasteiger partial charge < -0.3 is 10.2 Å². The van der Waals surface area contributed by atoms with Crippen molar-refractivity contribution in [3.63, 3.8) is 0 Å². The Morgan fingerprint density at radius 1 is 1.38 bits per heavy atom. The van der Waals surface area contributed by atoms with Gasteiger partial charge in [-0.05, 0) is 38.5 Å². The lowest BCUT2D eigenvalue weighted by Gasteiger charge is -2.19. The molecule has 1 rings (SSSR count). The predicted molar refractivity (Wildman–Crippen MR) is 63.1 cm³/mol. The molecule has 0 bridgehead atoms. The highest BCUT2D eigenvalue weighted by Gasteiger charge is 2.11. The van der Waals surface area contributed by atoms with Crippen LogP contribution >= 0.6 is 0 Å². The van der Waals surface area contributed by atoms with Gasteiger partial charge in [-0.2, -0.15) is 0 Å². The molecule has 0 heterocycles. The van der Waals surface area contributed by atoms with Gasteiger partial charge in [0.1, 0.15) is 5.82 Å². The van der Waals surface area contributed by atoms with E-state index >= 15 is 0 Å². The van der Waals surface area contributed by atoms with E-state index in [1.54, 1.807) is 17.0 Å². The molecule has 0 aromatic heterocycles. The third-order valence-electron chi connectivity index (χ3n) is 2.41. The highest BCUT2D eigenvalue weighted by atomic mass is 19.1. The Balaban J connectivity index is 2.80. The number of nitrogens with zero attached hydrogens (tertiary/aromatic N) is 1. The van der Waals surface area contributed by atoms with Gasteiger partial charge in [-0.25, -0.2) is 9.18 Å². The number of nitrogens with one attached hydrogen (secondary N) is 1. The molecule has 0 atom stereocenters. The molecular weight excluding hydrogens is 207 g/mol. The molecule has 2 amide bonds. The van der Waals surface area contributed by atoms with E-state index in [4.69, 9.17) is 0 Å². The highest BCUT2D eigenvalue weighted by molar-refractivity contribution is 5.89. The maximum Gasteiger partial charge on any atom is 0.321 e. The SMILES string of the molecule is CCN(CC)C(=O)Nc1cc(C)ccc1F. The molecule has 0 aliphatic heterocycles. The Hall–Kier alpha value is -1.58. The maximum atomic E-state index is 13.4.